The molecular formula is C15H19N3S. The van der Waals surface area contributed by atoms with Crippen LogP contribution < -0.4 is 11.1 Å². The number of thiazole rings is 1. The van der Waals surface area contributed by atoms with Crippen molar-refractivity contribution in [3.63, 3.8) is 0 Å². The van der Waals surface area contributed by atoms with Crippen LogP contribution in [0.25, 0.3) is 0 Å². The van der Waals surface area contributed by atoms with Crippen LogP contribution in [-0.4, -0.2) is 11.5 Å². The third-order valence-electron chi connectivity index (χ3n) is 3.97. The third kappa shape index (κ3) is 2.65. The lowest BCUT2D eigenvalue weighted by molar-refractivity contribution is 0.576. The van der Waals surface area contributed by atoms with E-state index in [4.69, 9.17) is 5.73 Å². The quantitative estimate of drug-likeness (QED) is 0.824. The zero-order valence-electron chi connectivity index (χ0n) is 11.1. The molecular weight excluding hydrogens is 254 g/mol. The standard InChI is InChI=1S/C15H19N3S/c1-11-14(19-10-18-11)8-17-9-15(6-7-15)12-2-4-13(16)5-3-12/h2-5,10,17H,6-9,16H2,1H3. The minimum atomic E-state index is 0.340. The largest absolute Gasteiger partial charge is 0.399 e. The first-order valence-corrected chi connectivity index (χ1v) is 7.53. The number of nitrogens with two attached hydrogens (primary N) is 1. The number of anilines is 1. The summed E-state index contributed by atoms with van der Waals surface area (Å²) in [4.78, 5) is 5.62. The molecule has 0 radical (unpaired) electrons. The van der Waals surface area contributed by atoms with Crippen molar-refractivity contribution in [1.29, 1.82) is 0 Å². The molecule has 1 saturated carbocycles. The summed E-state index contributed by atoms with van der Waals surface area (Å²) in [6.07, 6.45) is 2.54. The molecule has 1 aromatic heterocycles. The number of hydrogen-bond donors (Lipinski definition) is 2. The van der Waals surface area contributed by atoms with Gasteiger partial charge >= 0.3 is 0 Å². The van der Waals surface area contributed by atoms with Crippen LogP contribution in [0.5, 0.6) is 0 Å². The summed E-state index contributed by atoms with van der Waals surface area (Å²) in [6, 6.07) is 8.34. The van der Waals surface area contributed by atoms with Gasteiger partial charge in [0.15, 0.2) is 0 Å². The summed E-state index contributed by atoms with van der Waals surface area (Å²) in [6.45, 7) is 4.03. The molecule has 0 atom stereocenters. The average Bonchev–Trinajstić information content (AvgIpc) is 3.08. The highest BCUT2D eigenvalue weighted by atomic mass is 32.1. The molecule has 1 heterocycles. The van der Waals surface area contributed by atoms with E-state index in [1.807, 2.05) is 17.6 Å². The maximum absolute atomic E-state index is 5.75. The topological polar surface area (TPSA) is 50.9 Å². The van der Waals surface area contributed by atoms with Crippen LogP contribution in [0.1, 0.15) is 29.0 Å². The Balaban J connectivity index is 1.60. The molecule has 19 heavy (non-hydrogen) atoms. The Kier molecular flexibility index (Phi) is 3.29. The van der Waals surface area contributed by atoms with Crippen molar-refractivity contribution < 1.29 is 0 Å². The van der Waals surface area contributed by atoms with Gasteiger partial charge in [0, 0.05) is 29.1 Å². The third-order valence-corrected chi connectivity index (χ3v) is 4.91. The van der Waals surface area contributed by atoms with E-state index in [0.717, 1.165) is 24.5 Å². The van der Waals surface area contributed by atoms with E-state index in [0.29, 0.717) is 5.41 Å². The Labute approximate surface area is 117 Å². The lowest BCUT2D eigenvalue weighted by atomic mass is 9.96. The van der Waals surface area contributed by atoms with Gasteiger partial charge in [-0.2, -0.15) is 0 Å². The van der Waals surface area contributed by atoms with Crippen LogP contribution in [0, 0.1) is 6.92 Å². The van der Waals surface area contributed by atoms with Gasteiger partial charge in [-0.25, -0.2) is 4.98 Å². The Morgan fingerprint density at radius 1 is 1.32 bits per heavy atom. The van der Waals surface area contributed by atoms with Crippen LogP contribution >= 0.6 is 11.3 Å². The molecule has 2 aromatic rings. The number of nitrogens with one attached hydrogen (secondary N) is 1. The fourth-order valence-corrected chi connectivity index (χ4v) is 3.21. The maximum Gasteiger partial charge on any atom is 0.0798 e. The summed E-state index contributed by atoms with van der Waals surface area (Å²) >= 11 is 1.73. The van der Waals surface area contributed by atoms with Crippen molar-refractivity contribution in [2.75, 3.05) is 12.3 Å². The zero-order chi connectivity index (χ0) is 13.3. The van der Waals surface area contributed by atoms with Crippen LogP contribution in [0.3, 0.4) is 0 Å². The second-order valence-electron chi connectivity index (χ2n) is 5.37. The first kappa shape index (κ1) is 12.6. The maximum atomic E-state index is 5.75. The summed E-state index contributed by atoms with van der Waals surface area (Å²) in [5.41, 5.74) is 11.4. The van der Waals surface area contributed by atoms with Crippen molar-refractivity contribution in [3.8, 4) is 0 Å². The van der Waals surface area contributed by atoms with Gasteiger partial charge < -0.3 is 11.1 Å². The minimum Gasteiger partial charge on any atom is -0.399 e. The Hall–Kier alpha value is -1.39. The van der Waals surface area contributed by atoms with Crippen molar-refractivity contribution in [2.24, 2.45) is 0 Å². The summed E-state index contributed by atoms with van der Waals surface area (Å²) in [5, 5.41) is 3.58. The second kappa shape index (κ2) is 4.94. The smallest absolute Gasteiger partial charge is 0.0798 e. The molecule has 0 unspecified atom stereocenters. The van der Waals surface area contributed by atoms with Gasteiger partial charge in [-0.1, -0.05) is 12.1 Å². The first-order valence-electron chi connectivity index (χ1n) is 6.65. The van der Waals surface area contributed by atoms with E-state index in [9.17, 15) is 0 Å². The molecule has 3 N–H and O–H groups in total. The molecule has 100 valence electrons. The van der Waals surface area contributed by atoms with E-state index < -0.39 is 0 Å². The Bertz CT molecular complexity index is 555. The number of aromatic nitrogens is 1. The highest BCUT2D eigenvalue weighted by molar-refractivity contribution is 7.09. The number of hydrogen-bond acceptors (Lipinski definition) is 4. The van der Waals surface area contributed by atoms with Gasteiger partial charge in [-0.15, -0.1) is 11.3 Å². The van der Waals surface area contributed by atoms with Crippen molar-refractivity contribution >= 4 is 17.0 Å². The lowest BCUT2D eigenvalue weighted by Crippen LogP contribution is -2.26. The fourth-order valence-electron chi connectivity index (χ4n) is 2.47. The molecule has 0 saturated heterocycles. The minimum absolute atomic E-state index is 0.340. The predicted molar refractivity (Wildman–Crippen MR) is 80.3 cm³/mol. The van der Waals surface area contributed by atoms with Crippen LogP contribution in [0.15, 0.2) is 29.8 Å². The number of nitrogens with zero attached hydrogens (tertiary/aromatic N) is 1. The highest BCUT2D eigenvalue weighted by Gasteiger charge is 2.43. The molecule has 0 amide bonds. The van der Waals surface area contributed by atoms with E-state index in [1.54, 1.807) is 11.3 Å². The Morgan fingerprint density at radius 3 is 2.63 bits per heavy atom. The van der Waals surface area contributed by atoms with Gasteiger partial charge in [0.05, 0.1) is 11.2 Å². The summed E-state index contributed by atoms with van der Waals surface area (Å²) in [7, 11) is 0. The van der Waals surface area contributed by atoms with Crippen LogP contribution in [0.4, 0.5) is 5.69 Å². The fraction of sp³-hybridized carbons (Fsp3) is 0.400. The molecule has 0 aliphatic heterocycles. The monoisotopic (exact) mass is 273 g/mol. The van der Waals surface area contributed by atoms with E-state index in [1.165, 1.54) is 23.3 Å². The van der Waals surface area contributed by atoms with Gasteiger partial charge in [-0.3, -0.25) is 0 Å². The molecule has 0 spiro atoms. The first-order chi connectivity index (χ1) is 9.20. The van der Waals surface area contributed by atoms with Crippen molar-refractivity contribution in [3.05, 3.63) is 45.9 Å². The second-order valence-corrected chi connectivity index (χ2v) is 6.31. The molecule has 3 rings (SSSR count). The van der Waals surface area contributed by atoms with E-state index in [2.05, 4.69) is 29.4 Å². The predicted octanol–water partition coefficient (Wildman–Crippen LogP) is 2.86. The lowest BCUT2D eigenvalue weighted by Gasteiger charge is -2.16. The Morgan fingerprint density at radius 2 is 2.05 bits per heavy atom. The van der Waals surface area contributed by atoms with Crippen molar-refractivity contribution in [1.82, 2.24) is 10.3 Å². The van der Waals surface area contributed by atoms with Crippen LogP contribution in [-0.2, 0) is 12.0 Å². The molecule has 1 fully saturated rings. The highest BCUT2D eigenvalue weighted by Crippen LogP contribution is 2.47. The zero-order valence-corrected chi connectivity index (χ0v) is 12.0. The van der Waals surface area contributed by atoms with Gasteiger partial charge in [-0.05, 0) is 37.5 Å². The normalized spacial score (nSPS) is 16.5. The number of nitrogen functional groups attached to an aromatic ring is 1. The molecule has 4 heteroatoms. The summed E-state index contributed by atoms with van der Waals surface area (Å²) in [5.74, 6) is 0. The van der Waals surface area contributed by atoms with Gasteiger partial charge in [0.2, 0.25) is 0 Å². The van der Waals surface area contributed by atoms with Gasteiger partial charge in [0.1, 0.15) is 0 Å². The summed E-state index contributed by atoms with van der Waals surface area (Å²) < 4.78 is 0. The van der Waals surface area contributed by atoms with E-state index >= 15 is 0 Å². The molecule has 0 bridgehead atoms. The molecule has 3 nitrogen and oxygen atoms in total. The molecule has 1 aliphatic carbocycles. The number of rotatable bonds is 5. The number of benzene rings is 1. The number of aryl methyl sites for hydroxylation is 1. The average molecular weight is 273 g/mol. The molecule has 1 aromatic carbocycles. The molecule has 1 aliphatic rings. The van der Waals surface area contributed by atoms with Gasteiger partial charge in [0.25, 0.3) is 0 Å². The van der Waals surface area contributed by atoms with Crippen molar-refractivity contribution in [2.45, 2.75) is 31.7 Å². The van der Waals surface area contributed by atoms with E-state index in [-0.39, 0.29) is 0 Å². The SMILES string of the molecule is Cc1ncsc1CNCC1(c2ccc(N)cc2)CC1. The van der Waals surface area contributed by atoms with Crippen LogP contribution in [0.2, 0.25) is 0 Å².